The number of para-hydroxylation sites is 1. The largest absolute Gasteiger partial charge is 0.483 e. The van der Waals surface area contributed by atoms with Crippen LogP contribution < -0.4 is 9.64 Å². The van der Waals surface area contributed by atoms with E-state index in [-0.39, 0.29) is 5.60 Å². The molecule has 0 radical (unpaired) electrons. The van der Waals surface area contributed by atoms with E-state index in [1.54, 1.807) is 0 Å². The summed E-state index contributed by atoms with van der Waals surface area (Å²) in [7, 11) is 0. The Morgan fingerprint density at radius 2 is 1.93 bits per heavy atom. The molecule has 27 heavy (non-hydrogen) atoms. The minimum Gasteiger partial charge on any atom is -0.483 e. The van der Waals surface area contributed by atoms with Gasteiger partial charge in [-0.3, -0.25) is 0 Å². The zero-order chi connectivity index (χ0) is 18.4. The molecule has 2 aliphatic heterocycles. The summed E-state index contributed by atoms with van der Waals surface area (Å²) in [5.41, 5.74) is 2.22. The molecule has 0 aliphatic carbocycles. The number of hydrogen-bond donors (Lipinski definition) is 0. The van der Waals surface area contributed by atoms with Crippen molar-refractivity contribution >= 4 is 23.1 Å². The molecule has 5 rings (SSSR count). The second-order valence-electron chi connectivity index (χ2n) is 7.36. The smallest absolute Gasteiger partial charge is 0.252 e. The van der Waals surface area contributed by atoms with Crippen molar-refractivity contribution in [1.29, 1.82) is 0 Å². The molecule has 0 N–H and O–H groups in total. The van der Waals surface area contributed by atoms with Gasteiger partial charge in [0.1, 0.15) is 17.2 Å². The van der Waals surface area contributed by atoms with Crippen molar-refractivity contribution in [2.24, 2.45) is 0 Å². The Morgan fingerprint density at radius 1 is 1.04 bits per heavy atom. The number of ether oxygens (including phenoxy) is 1. The van der Waals surface area contributed by atoms with Gasteiger partial charge in [0.15, 0.2) is 17.2 Å². The predicted octanol–water partition coefficient (Wildman–Crippen LogP) is 4.07. The van der Waals surface area contributed by atoms with Crippen molar-refractivity contribution < 1.29 is 9.15 Å². The Balaban J connectivity index is 1.45. The van der Waals surface area contributed by atoms with Crippen molar-refractivity contribution in [2.45, 2.75) is 38.7 Å². The van der Waals surface area contributed by atoms with E-state index in [1.807, 2.05) is 26.0 Å². The zero-order valence-electron chi connectivity index (χ0n) is 15.6. The highest BCUT2D eigenvalue weighted by Crippen LogP contribution is 2.38. The van der Waals surface area contributed by atoms with Gasteiger partial charge in [0, 0.05) is 32.0 Å². The highest BCUT2D eigenvalue weighted by molar-refractivity contribution is 5.82. The van der Waals surface area contributed by atoms with E-state index < -0.39 is 0 Å². The lowest BCUT2D eigenvalue weighted by molar-refractivity contribution is 0.104. The number of rotatable bonds is 1. The molecule has 2 aromatic heterocycles. The highest BCUT2D eigenvalue weighted by atomic mass is 16.5. The lowest BCUT2D eigenvalue weighted by Gasteiger charge is -2.34. The maximum absolute atomic E-state index is 6.46. The quantitative estimate of drug-likeness (QED) is 0.650. The molecule has 1 aromatic carbocycles. The van der Waals surface area contributed by atoms with E-state index in [1.165, 1.54) is 0 Å². The van der Waals surface area contributed by atoms with Crippen molar-refractivity contribution in [2.75, 3.05) is 18.0 Å². The monoisotopic (exact) mass is 362 g/mol. The first-order valence-corrected chi connectivity index (χ1v) is 9.46. The molecule has 0 amide bonds. The van der Waals surface area contributed by atoms with Gasteiger partial charge in [0.05, 0.1) is 0 Å². The predicted molar refractivity (Wildman–Crippen MR) is 104 cm³/mol. The lowest BCUT2D eigenvalue weighted by atomic mass is 9.91. The molecule has 1 saturated heterocycles. The molecule has 3 aromatic rings. The van der Waals surface area contributed by atoms with Crippen LogP contribution in [0.1, 0.15) is 36.5 Å². The maximum atomic E-state index is 6.46. The molecular formula is C21H22N4O2. The van der Waals surface area contributed by atoms with Gasteiger partial charge in [-0.15, -0.1) is 0 Å². The summed E-state index contributed by atoms with van der Waals surface area (Å²) in [4.78, 5) is 15.9. The molecule has 0 bridgehead atoms. The van der Waals surface area contributed by atoms with Crippen LogP contribution in [0.25, 0.3) is 17.3 Å². The fourth-order valence-corrected chi connectivity index (χ4v) is 4.05. The topological polar surface area (TPSA) is 64.3 Å². The van der Waals surface area contributed by atoms with Crippen LogP contribution >= 0.6 is 0 Å². The van der Waals surface area contributed by atoms with E-state index in [2.05, 4.69) is 44.1 Å². The SMILES string of the molecule is Cc1nc(N2CCC[C@]3(C=Cc4ccccc4O3)CC2)c2nc(C)oc2n1. The minimum absolute atomic E-state index is 0.246. The molecule has 4 heterocycles. The number of aryl methyl sites for hydroxylation is 2. The number of nitrogens with zero attached hydrogens (tertiary/aromatic N) is 4. The summed E-state index contributed by atoms with van der Waals surface area (Å²) in [6, 6.07) is 8.22. The van der Waals surface area contributed by atoms with Crippen molar-refractivity contribution in [3.05, 3.63) is 47.6 Å². The summed E-state index contributed by atoms with van der Waals surface area (Å²) in [5.74, 6) is 3.16. The number of oxazole rings is 1. The van der Waals surface area contributed by atoms with Crippen molar-refractivity contribution in [3.8, 4) is 5.75 Å². The third kappa shape index (κ3) is 2.85. The number of hydrogen-bond acceptors (Lipinski definition) is 6. The van der Waals surface area contributed by atoms with Gasteiger partial charge >= 0.3 is 0 Å². The first kappa shape index (κ1) is 16.3. The molecule has 6 nitrogen and oxygen atoms in total. The standard InChI is InChI=1S/C21H22N4O2/c1-14-22-19(18-20(23-14)26-15(2)24-18)25-12-5-9-21(11-13-25)10-8-16-6-3-4-7-17(16)27-21/h3-4,6-8,10H,5,9,11-13H2,1-2H3/t21-/m0/s1. The first-order valence-electron chi connectivity index (χ1n) is 9.46. The molecule has 1 spiro atoms. The van der Waals surface area contributed by atoms with Crippen LogP contribution in [0.2, 0.25) is 0 Å². The van der Waals surface area contributed by atoms with Crippen LogP contribution in [-0.4, -0.2) is 33.6 Å². The molecule has 2 aliphatic rings. The summed E-state index contributed by atoms with van der Waals surface area (Å²) >= 11 is 0. The average Bonchev–Trinajstić information content (AvgIpc) is 2.91. The van der Waals surface area contributed by atoms with Gasteiger partial charge < -0.3 is 14.1 Å². The lowest BCUT2D eigenvalue weighted by Crippen LogP contribution is -2.37. The maximum Gasteiger partial charge on any atom is 0.252 e. The molecule has 1 fully saturated rings. The van der Waals surface area contributed by atoms with Crippen LogP contribution in [0.15, 0.2) is 34.8 Å². The Labute approximate surface area is 157 Å². The van der Waals surface area contributed by atoms with Crippen LogP contribution in [-0.2, 0) is 0 Å². The third-order valence-corrected chi connectivity index (χ3v) is 5.39. The van der Waals surface area contributed by atoms with E-state index in [9.17, 15) is 0 Å². The van der Waals surface area contributed by atoms with Gasteiger partial charge in [0.2, 0.25) is 0 Å². The van der Waals surface area contributed by atoms with Gasteiger partial charge in [-0.05, 0) is 31.9 Å². The van der Waals surface area contributed by atoms with E-state index in [0.717, 1.165) is 55.0 Å². The second-order valence-corrected chi connectivity index (χ2v) is 7.36. The number of benzene rings is 1. The van der Waals surface area contributed by atoms with Crippen LogP contribution in [0.4, 0.5) is 5.82 Å². The molecular weight excluding hydrogens is 340 g/mol. The van der Waals surface area contributed by atoms with E-state index >= 15 is 0 Å². The fourth-order valence-electron chi connectivity index (χ4n) is 4.05. The van der Waals surface area contributed by atoms with Crippen LogP contribution in [0.3, 0.4) is 0 Å². The molecule has 138 valence electrons. The summed E-state index contributed by atoms with van der Waals surface area (Å²) in [5, 5.41) is 0. The number of aromatic nitrogens is 3. The Morgan fingerprint density at radius 3 is 2.85 bits per heavy atom. The van der Waals surface area contributed by atoms with E-state index in [4.69, 9.17) is 9.15 Å². The summed E-state index contributed by atoms with van der Waals surface area (Å²) in [6.07, 6.45) is 7.34. The van der Waals surface area contributed by atoms with Gasteiger partial charge in [-0.1, -0.05) is 24.3 Å². The minimum atomic E-state index is -0.246. The Kier molecular flexibility index (Phi) is 3.67. The van der Waals surface area contributed by atoms with Crippen LogP contribution in [0, 0.1) is 13.8 Å². The van der Waals surface area contributed by atoms with Crippen molar-refractivity contribution in [3.63, 3.8) is 0 Å². The van der Waals surface area contributed by atoms with Gasteiger partial charge in [0.25, 0.3) is 5.71 Å². The van der Waals surface area contributed by atoms with Gasteiger partial charge in [-0.2, -0.15) is 4.98 Å². The van der Waals surface area contributed by atoms with Crippen LogP contribution in [0.5, 0.6) is 5.75 Å². The molecule has 1 atom stereocenters. The van der Waals surface area contributed by atoms with E-state index in [0.29, 0.717) is 17.4 Å². The zero-order valence-corrected chi connectivity index (χ0v) is 15.6. The highest BCUT2D eigenvalue weighted by Gasteiger charge is 2.35. The summed E-state index contributed by atoms with van der Waals surface area (Å²) < 4.78 is 12.1. The second kappa shape index (κ2) is 6.08. The summed E-state index contributed by atoms with van der Waals surface area (Å²) in [6.45, 7) is 5.50. The molecule has 6 heteroatoms. The first-order chi connectivity index (χ1) is 13.1. The van der Waals surface area contributed by atoms with Gasteiger partial charge in [-0.25, -0.2) is 9.97 Å². The normalized spacial score (nSPS) is 21.9. The Bertz CT molecular complexity index is 1040. The average molecular weight is 362 g/mol. The van der Waals surface area contributed by atoms with Crippen molar-refractivity contribution in [1.82, 2.24) is 15.0 Å². The fraction of sp³-hybridized carbons (Fsp3) is 0.381. The Hall–Kier alpha value is -2.89. The number of fused-ring (bicyclic) bond motifs is 2. The third-order valence-electron chi connectivity index (χ3n) is 5.39. The molecule has 0 unspecified atom stereocenters. The number of anilines is 1. The molecule has 0 saturated carbocycles.